The Bertz CT molecular complexity index is 414. The molecule has 0 fully saturated rings. The van der Waals surface area contributed by atoms with Crippen LogP contribution in [0.3, 0.4) is 0 Å². The summed E-state index contributed by atoms with van der Waals surface area (Å²) in [6.45, 7) is 0.611. The summed E-state index contributed by atoms with van der Waals surface area (Å²) in [5.74, 6) is 0.584. The Morgan fingerprint density at radius 2 is 2.33 bits per heavy atom. The van der Waals surface area contributed by atoms with Crippen LogP contribution < -0.4 is 5.32 Å². The lowest BCUT2D eigenvalue weighted by atomic mass is 10.2. The monoisotopic (exact) mass is 286 g/mol. The molecule has 0 amide bonds. The van der Waals surface area contributed by atoms with E-state index in [1.807, 2.05) is 12.1 Å². The van der Waals surface area contributed by atoms with Crippen molar-refractivity contribution in [1.29, 1.82) is 5.26 Å². The highest BCUT2D eigenvalue weighted by atomic mass is 79.9. The molecule has 0 aliphatic heterocycles. The third kappa shape index (κ3) is 4.02. The Morgan fingerprint density at radius 3 is 2.93 bits per heavy atom. The van der Waals surface area contributed by atoms with E-state index in [9.17, 15) is 4.21 Å². The van der Waals surface area contributed by atoms with Gasteiger partial charge in [-0.05, 0) is 18.2 Å². The number of nitriles is 1. The van der Waals surface area contributed by atoms with Gasteiger partial charge < -0.3 is 5.32 Å². The molecule has 80 valence electrons. The molecule has 0 radical (unpaired) electrons. The van der Waals surface area contributed by atoms with Gasteiger partial charge in [0, 0.05) is 33.8 Å². The molecule has 1 unspecified atom stereocenters. The molecular formula is C10H11BrN2OS. The van der Waals surface area contributed by atoms with Crippen molar-refractivity contribution >= 4 is 32.4 Å². The van der Waals surface area contributed by atoms with Gasteiger partial charge in [-0.15, -0.1) is 0 Å². The van der Waals surface area contributed by atoms with Gasteiger partial charge in [0.05, 0.1) is 11.3 Å². The molecule has 1 N–H and O–H groups in total. The summed E-state index contributed by atoms with van der Waals surface area (Å²) in [4.78, 5) is 0. The fourth-order valence-electron chi connectivity index (χ4n) is 1.09. The summed E-state index contributed by atoms with van der Waals surface area (Å²) in [7, 11) is -0.807. The van der Waals surface area contributed by atoms with E-state index in [1.54, 1.807) is 12.3 Å². The van der Waals surface area contributed by atoms with Gasteiger partial charge in [0.2, 0.25) is 0 Å². The topological polar surface area (TPSA) is 52.9 Å². The van der Waals surface area contributed by atoms with Gasteiger partial charge >= 0.3 is 0 Å². The minimum Gasteiger partial charge on any atom is -0.383 e. The first-order chi connectivity index (χ1) is 7.13. The highest BCUT2D eigenvalue weighted by molar-refractivity contribution is 9.10. The molecule has 0 spiro atoms. The van der Waals surface area contributed by atoms with Crippen LogP contribution in [0, 0.1) is 11.3 Å². The van der Waals surface area contributed by atoms with Crippen LogP contribution in [0.4, 0.5) is 5.69 Å². The zero-order valence-corrected chi connectivity index (χ0v) is 10.7. The van der Waals surface area contributed by atoms with Crippen LogP contribution in [0.25, 0.3) is 0 Å². The number of anilines is 1. The average Bonchev–Trinajstić information content (AvgIpc) is 2.19. The lowest BCUT2D eigenvalue weighted by Gasteiger charge is -2.07. The lowest BCUT2D eigenvalue weighted by molar-refractivity contribution is 0.687. The van der Waals surface area contributed by atoms with Gasteiger partial charge in [-0.2, -0.15) is 5.26 Å². The van der Waals surface area contributed by atoms with E-state index in [1.165, 1.54) is 0 Å². The zero-order valence-electron chi connectivity index (χ0n) is 8.29. The molecule has 0 aliphatic rings. The van der Waals surface area contributed by atoms with Gasteiger partial charge in [0.25, 0.3) is 0 Å². The molecule has 0 aromatic heterocycles. The Kier molecular flexibility index (Phi) is 4.79. The quantitative estimate of drug-likeness (QED) is 0.922. The number of halogens is 1. The van der Waals surface area contributed by atoms with E-state index in [0.717, 1.165) is 10.2 Å². The fraction of sp³-hybridized carbons (Fsp3) is 0.300. The SMILES string of the molecule is CS(=O)CCNc1ccc(Br)cc1C#N. The minimum absolute atomic E-state index is 0.584. The maximum absolute atomic E-state index is 10.8. The second-order valence-corrected chi connectivity index (χ2v) is 5.48. The van der Waals surface area contributed by atoms with E-state index < -0.39 is 10.8 Å². The summed E-state index contributed by atoms with van der Waals surface area (Å²) in [5.41, 5.74) is 1.37. The van der Waals surface area contributed by atoms with Crippen molar-refractivity contribution in [1.82, 2.24) is 0 Å². The molecule has 1 aromatic carbocycles. The molecule has 3 nitrogen and oxygen atoms in total. The van der Waals surface area contributed by atoms with Crippen molar-refractivity contribution in [3.8, 4) is 6.07 Å². The van der Waals surface area contributed by atoms with Crippen LogP contribution in [0.2, 0.25) is 0 Å². The number of nitrogens with zero attached hydrogens (tertiary/aromatic N) is 1. The van der Waals surface area contributed by atoms with Gasteiger partial charge in [-0.25, -0.2) is 0 Å². The Balaban J connectivity index is 2.69. The van der Waals surface area contributed by atoms with Gasteiger partial charge in [0.15, 0.2) is 0 Å². The predicted molar refractivity (Wildman–Crippen MR) is 66.3 cm³/mol. The first-order valence-corrected chi connectivity index (χ1v) is 6.89. The maximum atomic E-state index is 10.8. The van der Waals surface area contributed by atoms with Gasteiger partial charge in [-0.3, -0.25) is 4.21 Å². The normalized spacial score (nSPS) is 11.8. The van der Waals surface area contributed by atoms with Crippen LogP contribution in [-0.2, 0) is 10.8 Å². The first-order valence-electron chi connectivity index (χ1n) is 4.37. The van der Waals surface area contributed by atoms with E-state index in [-0.39, 0.29) is 0 Å². The fourth-order valence-corrected chi connectivity index (χ4v) is 1.84. The molecule has 0 saturated carbocycles. The van der Waals surface area contributed by atoms with Crippen molar-refractivity contribution in [2.75, 3.05) is 23.9 Å². The summed E-state index contributed by atoms with van der Waals surface area (Å²) in [5, 5.41) is 12.0. The maximum Gasteiger partial charge on any atom is 0.101 e. The van der Waals surface area contributed by atoms with Crippen molar-refractivity contribution in [2.24, 2.45) is 0 Å². The van der Waals surface area contributed by atoms with E-state index in [2.05, 4.69) is 27.3 Å². The summed E-state index contributed by atoms with van der Waals surface area (Å²) in [6.07, 6.45) is 1.66. The van der Waals surface area contributed by atoms with Crippen LogP contribution in [-0.4, -0.2) is 22.8 Å². The smallest absolute Gasteiger partial charge is 0.101 e. The van der Waals surface area contributed by atoms with E-state index >= 15 is 0 Å². The van der Waals surface area contributed by atoms with E-state index in [0.29, 0.717) is 17.9 Å². The zero-order chi connectivity index (χ0) is 11.3. The van der Waals surface area contributed by atoms with Crippen LogP contribution >= 0.6 is 15.9 Å². The standard InChI is InChI=1S/C10H11BrN2OS/c1-15(14)5-4-13-10-3-2-9(11)6-8(10)7-12/h2-3,6,13H,4-5H2,1H3. The lowest BCUT2D eigenvalue weighted by Crippen LogP contribution is -2.10. The van der Waals surface area contributed by atoms with Crippen LogP contribution in [0.5, 0.6) is 0 Å². The average molecular weight is 287 g/mol. The van der Waals surface area contributed by atoms with Crippen molar-refractivity contribution in [3.05, 3.63) is 28.2 Å². The number of hydrogen-bond donors (Lipinski definition) is 1. The molecule has 1 rings (SSSR count). The molecule has 1 atom stereocenters. The first kappa shape index (κ1) is 12.2. The van der Waals surface area contributed by atoms with Crippen LogP contribution in [0.1, 0.15) is 5.56 Å². The molecule has 5 heteroatoms. The van der Waals surface area contributed by atoms with Crippen LogP contribution in [0.15, 0.2) is 22.7 Å². The third-order valence-corrected chi connectivity index (χ3v) is 3.08. The highest BCUT2D eigenvalue weighted by Crippen LogP contribution is 2.19. The number of hydrogen-bond acceptors (Lipinski definition) is 3. The largest absolute Gasteiger partial charge is 0.383 e. The third-order valence-electron chi connectivity index (χ3n) is 1.81. The highest BCUT2D eigenvalue weighted by Gasteiger charge is 2.01. The number of nitrogens with one attached hydrogen (secondary N) is 1. The van der Waals surface area contributed by atoms with Gasteiger partial charge in [0.1, 0.15) is 6.07 Å². The Labute approximate surface area is 100 Å². The predicted octanol–water partition coefficient (Wildman–Crippen LogP) is 2.11. The molecule has 0 bridgehead atoms. The van der Waals surface area contributed by atoms with E-state index in [4.69, 9.17) is 5.26 Å². The van der Waals surface area contributed by atoms with Crippen molar-refractivity contribution < 1.29 is 4.21 Å². The Morgan fingerprint density at radius 1 is 1.60 bits per heavy atom. The molecule has 0 saturated heterocycles. The van der Waals surface area contributed by atoms with Gasteiger partial charge in [-0.1, -0.05) is 15.9 Å². The van der Waals surface area contributed by atoms with Crippen molar-refractivity contribution in [3.63, 3.8) is 0 Å². The number of rotatable bonds is 4. The second-order valence-electron chi connectivity index (χ2n) is 3.01. The number of benzene rings is 1. The van der Waals surface area contributed by atoms with Crippen molar-refractivity contribution in [2.45, 2.75) is 0 Å². The molecular weight excluding hydrogens is 276 g/mol. The summed E-state index contributed by atoms with van der Waals surface area (Å²) in [6, 6.07) is 7.56. The second kappa shape index (κ2) is 5.89. The minimum atomic E-state index is -0.807. The molecule has 0 heterocycles. The Hall–Kier alpha value is -0.860. The summed E-state index contributed by atoms with van der Waals surface area (Å²) < 4.78 is 11.7. The molecule has 15 heavy (non-hydrogen) atoms. The molecule has 1 aromatic rings. The summed E-state index contributed by atoms with van der Waals surface area (Å²) >= 11 is 3.30. The molecule has 0 aliphatic carbocycles.